The zero-order chi connectivity index (χ0) is 41.0. The van der Waals surface area contributed by atoms with Crippen LogP contribution in [0.1, 0.15) is 208 Å². The molecule has 58 heavy (non-hydrogen) atoms. The van der Waals surface area contributed by atoms with Gasteiger partial charge in [-0.05, 0) is 148 Å². The lowest BCUT2D eigenvalue weighted by molar-refractivity contribution is -0.147. The Bertz CT molecular complexity index is 1440. The van der Waals surface area contributed by atoms with Gasteiger partial charge >= 0.3 is 11.9 Å². The van der Waals surface area contributed by atoms with E-state index in [2.05, 4.69) is 74.5 Å². The molecule has 4 saturated carbocycles. The van der Waals surface area contributed by atoms with Crippen LogP contribution in [-0.4, -0.2) is 26.2 Å². The van der Waals surface area contributed by atoms with Gasteiger partial charge in [0, 0.05) is 0 Å². The van der Waals surface area contributed by atoms with Gasteiger partial charge < -0.3 is 9.47 Å². The van der Waals surface area contributed by atoms with Crippen molar-refractivity contribution in [2.45, 2.75) is 193 Å². The van der Waals surface area contributed by atoms with Crippen molar-refractivity contribution in [1.82, 2.24) is 0 Å². The van der Waals surface area contributed by atoms with Gasteiger partial charge in [-0.1, -0.05) is 152 Å². The highest BCUT2D eigenvalue weighted by Gasteiger charge is 2.29. The number of hydrogen-bond acceptors (Lipinski definition) is 4. The van der Waals surface area contributed by atoms with Crippen molar-refractivity contribution >= 4 is 18.0 Å². The first-order valence-electron chi connectivity index (χ1n) is 24.4. The van der Waals surface area contributed by atoms with Crippen molar-refractivity contribution in [1.29, 1.82) is 0 Å². The number of allylic oxidation sites excluding steroid dienone is 1. The Morgan fingerprint density at radius 1 is 0.517 bits per heavy atom. The average Bonchev–Trinajstić information content (AvgIpc) is 3.29. The average molecular weight is 795 g/mol. The van der Waals surface area contributed by atoms with Crippen LogP contribution in [0.3, 0.4) is 0 Å². The third-order valence-corrected chi connectivity index (χ3v) is 15.1. The first-order chi connectivity index (χ1) is 28.4. The molecule has 0 unspecified atom stereocenters. The molecule has 0 spiro atoms. The van der Waals surface area contributed by atoms with Crippen molar-refractivity contribution in [2.75, 3.05) is 14.2 Å². The summed E-state index contributed by atoms with van der Waals surface area (Å²) in [5, 5.41) is 0. The molecule has 0 N–H and O–H groups in total. The third-order valence-electron chi connectivity index (χ3n) is 15.1. The Kier molecular flexibility index (Phi) is 20.4. The molecule has 0 atom stereocenters. The molecule has 2 aromatic carbocycles. The summed E-state index contributed by atoms with van der Waals surface area (Å²) in [5.41, 5.74) is 5.71. The standard InChI is InChI=1S/C27H42O2.C27H40O2/c2*1-3-4-5-6-21-7-9-22(10-8-21)11-12-23-13-15-24(16-14-23)25-17-19-26(20-18-25)27(28)29-2/h13-16,21-22,25-26H,3-12,17-20H2,1-2H3;11-16,21-22,25-26H,3-10,17-20H2,1-2H3/b;12-11+. The van der Waals surface area contributed by atoms with E-state index in [1.165, 1.54) is 152 Å². The summed E-state index contributed by atoms with van der Waals surface area (Å²) in [7, 11) is 3.01. The normalized spacial score (nSPS) is 27.7. The number of benzene rings is 2. The topological polar surface area (TPSA) is 52.6 Å². The first-order valence-corrected chi connectivity index (χ1v) is 24.4. The Balaban J connectivity index is 0.000000221. The molecule has 4 aliphatic carbocycles. The number of esters is 2. The molecular formula is C54H82O4. The summed E-state index contributed by atoms with van der Waals surface area (Å²) in [6.07, 6.45) is 38.4. The first kappa shape index (κ1) is 46.2. The van der Waals surface area contributed by atoms with Crippen LogP contribution in [-0.2, 0) is 25.5 Å². The minimum atomic E-state index is -0.0288. The van der Waals surface area contributed by atoms with Crippen LogP contribution >= 0.6 is 0 Å². The van der Waals surface area contributed by atoms with E-state index in [1.807, 2.05) is 0 Å². The third kappa shape index (κ3) is 15.3. The monoisotopic (exact) mass is 795 g/mol. The van der Waals surface area contributed by atoms with Crippen LogP contribution in [0, 0.1) is 35.5 Å². The summed E-state index contributed by atoms with van der Waals surface area (Å²) in [6.45, 7) is 4.60. The number of methoxy groups -OCH3 is 2. The van der Waals surface area contributed by atoms with Crippen LogP contribution in [0.5, 0.6) is 0 Å². The zero-order valence-electron chi connectivity index (χ0n) is 37.4. The molecule has 322 valence electrons. The molecule has 4 aliphatic rings. The summed E-state index contributed by atoms with van der Waals surface area (Å²) in [5.74, 6) is 5.12. The molecule has 0 radical (unpaired) electrons. The van der Waals surface area contributed by atoms with E-state index in [4.69, 9.17) is 9.47 Å². The number of hydrogen-bond donors (Lipinski definition) is 0. The van der Waals surface area contributed by atoms with Crippen molar-refractivity contribution in [2.24, 2.45) is 35.5 Å². The van der Waals surface area contributed by atoms with Gasteiger partial charge in [0.25, 0.3) is 0 Å². The predicted octanol–water partition coefficient (Wildman–Crippen LogP) is 15.0. The Labute approximate surface area is 355 Å². The number of rotatable bonds is 17. The number of carbonyl (C=O) groups is 2. The summed E-state index contributed by atoms with van der Waals surface area (Å²) >= 11 is 0. The van der Waals surface area contributed by atoms with E-state index >= 15 is 0 Å². The van der Waals surface area contributed by atoms with Gasteiger partial charge in [-0.15, -0.1) is 0 Å². The predicted molar refractivity (Wildman–Crippen MR) is 243 cm³/mol. The van der Waals surface area contributed by atoms with Gasteiger partial charge in [-0.25, -0.2) is 0 Å². The quantitative estimate of drug-likeness (QED) is 0.118. The lowest BCUT2D eigenvalue weighted by atomic mass is 9.77. The Morgan fingerprint density at radius 3 is 1.36 bits per heavy atom. The Hall–Kier alpha value is -2.88. The minimum Gasteiger partial charge on any atom is -0.469 e. The van der Waals surface area contributed by atoms with Crippen LogP contribution in [0.2, 0.25) is 0 Å². The van der Waals surface area contributed by atoms with Crippen LogP contribution in [0.4, 0.5) is 0 Å². The van der Waals surface area contributed by atoms with E-state index in [0.29, 0.717) is 11.8 Å². The number of carbonyl (C=O) groups excluding carboxylic acids is 2. The van der Waals surface area contributed by atoms with E-state index < -0.39 is 0 Å². The van der Waals surface area contributed by atoms with E-state index in [-0.39, 0.29) is 23.8 Å². The number of unbranched alkanes of at least 4 members (excludes halogenated alkanes) is 4. The summed E-state index contributed by atoms with van der Waals surface area (Å²) in [6, 6.07) is 18.6. The molecule has 6 rings (SSSR count). The lowest BCUT2D eigenvalue weighted by Gasteiger charge is -2.29. The van der Waals surface area contributed by atoms with Crippen LogP contribution < -0.4 is 0 Å². The molecular weight excluding hydrogens is 713 g/mol. The molecule has 0 amide bonds. The zero-order valence-corrected chi connectivity index (χ0v) is 37.4. The highest BCUT2D eigenvalue weighted by molar-refractivity contribution is 5.72. The lowest BCUT2D eigenvalue weighted by Crippen LogP contribution is -2.22. The molecule has 0 saturated heterocycles. The Morgan fingerprint density at radius 2 is 0.931 bits per heavy atom. The van der Waals surface area contributed by atoms with Gasteiger partial charge in [-0.2, -0.15) is 0 Å². The van der Waals surface area contributed by atoms with Crippen molar-refractivity contribution in [3.05, 3.63) is 76.9 Å². The molecule has 4 heteroatoms. The summed E-state index contributed by atoms with van der Waals surface area (Å²) in [4.78, 5) is 23.4. The second-order valence-electron chi connectivity index (χ2n) is 19.1. The van der Waals surface area contributed by atoms with Gasteiger partial charge in [0.2, 0.25) is 0 Å². The van der Waals surface area contributed by atoms with Gasteiger partial charge in [0.15, 0.2) is 0 Å². The fourth-order valence-corrected chi connectivity index (χ4v) is 11.0. The maximum absolute atomic E-state index is 11.7. The smallest absolute Gasteiger partial charge is 0.308 e. The van der Waals surface area contributed by atoms with E-state index in [0.717, 1.165) is 75.0 Å². The van der Waals surface area contributed by atoms with Gasteiger partial charge in [0.05, 0.1) is 26.1 Å². The fraction of sp³-hybridized carbons (Fsp3) is 0.704. The van der Waals surface area contributed by atoms with Crippen LogP contribution in [0.25, 0.3) is 6.08 Å². The van der Waals surface area contributed by atoms with E-state index in [9.17, 15) is 9.59 Å². The van der Waals surface area contributed by atoms with E-state index in [1.54, 1.807) is 0 Å². The van der Waals surface area contributed by atoms with Crippen LogP contribution in [0.15, 0.2) is 54.6 Å². The molecule has 2 aromatic rings. The maximum atomic E-state index is 11.7. The number of ether oxygens (including phenoxy) is 2. The van der Waals surface area contributed by atoms with Gasteiger partial charge in [-0.3, -0.25) is 9.59 Å². The summed E-state index contributed by atoms with van der Waals surface area (Å²) < 4.78 is 9.82. The van der Waals surface area contributed by atoms with Crippen molar-refractivity contribution in [3.63, 3.8) is 0 Å². The van der Waals surface area contributed by atoms with Crippen molar-refractivity contribution in [3.8, 4) is 0 Å². The second kappa shape index (κ2) is 25.7. The molecule has 4 fully saturated rings. The molecule has 0 aliphatic heterocycles. The highest BCUT2D eigenvalue weighted by Crippen LogP contribution is 2.39. The van der Waals surface area contributed by atoms with Gasteiger partial charge in [0.1, 0.15) is 0 Å². The fourth-order valence-electron chi connectivity index (χ4n) is 11.0. The SMILES string of the molecule is CCCCCC1CCC(/C=C/c2ccc(C3CCC(C(=O)OC)CC3)cc2)CC1.CCCCCC1CCC(CCc2ccc(C3CCC(C(=O)OC)CC3)cc2)CC1. The van der Waals surface area contributed by atoms with Crippen molar-refractivity contribution < 1.29 is 19.1 Å². The highest BCUT2D eigenvalue weighted by atomic mass is 16.5. The largest absolute Gasteiger partial charge is 0.469 e. The maximum Gasteiger partial charge on any atom is 0.308 e. The minimum absolute atomic E-state index is 0.0196. The molecule has 0 heterocycles. The number of aryl methyl sites for hydroxylation is 1. The molecule has 0 aromatic heterocycles. The second-order valence-corrected chi connectivity index (χ2v) is 19.1. The molecule has 0 bridgehead atoms. The molecule has 4 nitrogen and oxygen atoms in total.